The largest absolute Gasteiger partial charge is 0.508 e. The fourth-order valence-corrected chi connectivity index (χ4v) is 5.61. The maximum atomic E-state index is 10.1. The molecule has 0 saturated carbocycles. The monoisotopic (exact) mass is 612 g/mol. The van der Waals surface area contributed by atoms with E-state index in [1.54, 1.807) is 0 Å². The number of carbonyl (C=O) groups is 1. The van der Waals surface area contributed by atoms with Crippen LogP contribution in [0.15, 0.2) is 6.07 Å². The Hall–Kier alpha value is -1.91. The first-order valence-corrected chi connectivity index (χ1v) is 16.1. The van der Waals surface area contributed by atoms with Gasteiger partial charge >= 0.3 is 5.97 Å². The summed E-state index contributed by atoms with van der Waals surface area (Å²) in [5, 5.41) is 61.9. The lowest BCUT2D eigenvalue weighted by atomic mass is 9.85. The number of phenolic OH excluding ortho intramolecular Hbond substituents is 1. The van der Waals surface area contributed by atoms with Gasteiger partial charge in [0.25, 0.3) is 0 Å². The summed E-state index contributed by atoms with van der Waals surface area (Å²) in [6, 6.07) is 1.91. The number of aliphatic hydroxyl groups excluding tert-OH is 5. The second kappa shape index (κ2) is 18.8. The molecular formula is C34H60O9. The molecular weight excluding hydrogens is 552 g/mol. The van der Waals surface area contributed by atoms with E-state index in [1.807, 2.05) is 13.0 Å². The van der Waals surface area contributed by atoms with Crippen LogP contribution in [-0.4, -0.2) is 78.3 Å². The lowest BCUT2D eigenvalue weighted by Gasteiger charge is -2.37. The summed E-state index contributed by atoms with van der Waals surface area (Å²) < 4.78 is 6.52. The number of hydrogen-bond acceptors (Lipinski definition) is 8. The van der Waals surface area contributed by atoms with Crippen molar-refractivity contribution in [2.24, 2.45) is 17.8 Å². The topological polar surface area (TPSA) is 168 Å². The second-order valence-corrected chi connectivity index (χ2v) is 13.6. The quantitative estimate of drug-likeness (QED) is 0.127. The summed E-state index contributed by atoms with van der Waals surface area (Å²) in [7, 11) is 0. The van der Waals surface area contributed by atoms with Gasteiger partial charge < -0.3 is 40.5 Å². The molecule has 0 bridgehead atoms. The molecule has 43 heavy (non-hydrogen) atoms. The summed E-state index contributed by atoms with van der Waals surface area (Å²) in [6.45, 7) is 15.0. The second-order valence-electron chi connectivity index (χ2n) is 13.6. The van der Waals surface area contributed by atoms with Gasteiger partial charge in [0.15, 0.2) is 6.10 Å². The Kier molecular flexibility index (Phi) is 17.1. The van der Waals surface area contributed by atoms with E-state index in [0.717, 1.165) is 53.9 Å². The van der Waals surface area contributed by atoms with Gasteiger partial charge in [0, 0.05) is 0 Å². The summed E-state index contributed by atoms with van der Waals surface area (Å²) in [4.78, 5) is 10.1. The molecule has 0 spiro atoms. The van der Waals surface area contributed by atoms with Crippen molar-refractivity contribution in [3.63, 3.8) is 0 Å². The molecule has 3 unspecified atom stereocenters. The summed E-state index contributed by atoms with van der Waals surface area (Å²) in [5.41, 5.74) is 3.16. The molecule has 1 heterocycles. The van der Waals surface area contributed by atoms with E-state index in [2.05, 4.69) is 41.5 Å². The van der Waals surface area contributed by atoms with Crippen molar-refractivity contribution in [2.45, 2.75) is 149 Å². The zero-order valence-corrected chi connectivity index (χ0v) is 27.6. The van der Waals surface area contributed by atoms with Gasteiger partial charge in [-0.1, -0.05) is 72.6 Å². The number of benzene rings is 1. The van der Waals surface area contributed by atoms with E-state index < -0.39 is 37.0 Å². The number of phenols is 1. The van der Waals surface area contributed by atoms with Crippen LogP contribution in [0.4, 0.5) is 0 Å². The van der Waals surface area contributed by atoms with Crippen LogP contribution in [-0.2, 0) is 11.2 Å². The minimum Gasteiger partial charge on any atom is -0.508 e. The average molecular weight is 613 g/mol. The molecule has 9 nitrogen and oxygen atoms in total. The molecule has 0 aliphatic carbocycles. The zero-order valence-electron chi connectivity index (χ0n) is 27.6. The Labute approximate surface area is 258 Å². The molecule has 7 N–H and O–H groups in total. The molecule has 1 aromatic rings. The highest BCUT2D eigenvalue weighted by Gasteiger charge is 2.34. The first kappa shape index (κ1) is 39.1. The predicted molar refractivity (Wildman–Crippen MR) is 168 cm³/mol. The van der Waals surface area contributed by atoms with Gasteiger partial charge in [-0.15, -0.1) is 0 Å². The maximum absolute atomic E-state index is 10.1. The molecule has 1 aromatic carbocycles. The van der Waals surface area contributed by atoms with Gasteiger partial charge in [-0.25, -0.2) is 4.79 Å². The standard InChI is InChI=1S/C28H48O2.C6H12O7/c1-20(2)11-8-12-21(3)13-9-14-22(4)15-10-17-28(7)18-16-25-19-26(29)23(5)24(6)27(25)30-28;7-1-2(8)3(9)4(10)5(11)6(12)13/h19-22,29H,8-18H2,1-7H3;2-5,7-11H,1H2,(H,12,13)/t;2-,3-,4+,5-/m.1/s1. The molecule has 1 aliphatic rings. The van der Waals surface area contributed by atoms with Crippen molar-refractivity contribution in [3.8, 4) is 11.5 Å². The molecule has 250 valence electrons. The first-order chi connectivity index (χ1) is 20.0. The number of fused-ring (bicyclic) bond motifs is 1. The zero-order chi connectivity index (χ0) is 32.9. The number of aromatic hydroxyl groups is 1. The van der Waals surface area contributed by atoms with Crippen molar-refractivity contribution in [2.75, 3.05) is 6.61 Å². The summed E-state index contributed by atoms with van der Waals surface area (Å²) in [5.74, 6) is 2.25. The minimum atomic E-state index is -2.20. The normalized spacial score (nSPS) is 20.6. The SMILES string of the molecule is Cc1c(O)cc2c(c1C)OC(C)(CCCC(C)CCCC(C)CCCC(C)C)CC2.O=C(O)[C@H](O)[C@@H](O)[C@H](O)[C@H](O)CO. The highest BCUT2D eigenvalue weighted by Crippen LogP contribution is 2.42. The Bertz CT molecular complexity index is 966. The Morgan fingerprint density at radius 1 is 0.884 bits per heavy atom. The Morgan fingerprint density at radius 2 is 1.42 bits per heavy atom. The van der Waals surface area contributed by atoms with Gasteiger partial charge in [0.05, 0.1) is 6.61 Å². The third kappa shape index (κ3) is 13.3. The maximum Gasteiger partial charge on any atom is 0.335 e. The molecule has 7 atom stereocenters. The molecule has 0 fully saturated rings. The van der Waals surface area contributed by atoms with Crippen molar-refractivity contribution in [1.29, 1.82) is 0 Å². The number of aliphatic carboxylic acids is 1. The Balaban J connectivity index is 0.000000599. The lowest BCUT2D eigenvalue weighted by molar-refractivity contribution is -0.164. The van der Waals surface area contributed by atoms with Crippen molar-refractivity contribution >= 4 is 5.97 Å². The number of carboxylic acids is 1. The predicted octanol–water partition coefficient (Wildman–Crippen LogP) is 5.04. The number of aliphatic hydroxyl groups is 5. The minimum absolute atomic E-state index is 0.0637. The van der Waals surface area contributed by atoms with Crippen LogP contribution >= 0.6 is 0 Å². The van der Waals surface area contributed by atoms with Gasteiger partial charge in [-0.05, 0) is 87.0 Å². The number of aryl methyl sites for hydroxylation is 1. The average Bonchev–Trinajstić information content (AvgIpc) is 2.95. The van der Waals surface area contributed by atoms with Gasteiger partial charge in [0.2, 0.25) is 0 Å². The van der Waals surface area contributed by atoms with E-state index in [9.17, 15) is 9.90 Å². The highest BCUT2D eigenvalue weighted by molar-refractivity contribution is 5.72. The highest BCUT2D eigenvalue weighted by atomic mass is 16.5. The molecule has 1 aliphatic heterocycles. The molecule has 2 rings (SSSR count). The van der Waals surface area contributed by atoms with E-state index in [1.165, 1.54) is 56.9 Å². The van der Waals surface area contributed by atoms with E-state index in [-0.39, 0.29) is 5.60 Å². The van der Waals surface area contributed by atoms with Crippen molar-refractivity contribution in [3.05, 3.63) is 22.8 Å². The fourth-order valence-electron chi connectivity index (χ4n) is 5.61. The van der Waals surface area contributed by atoms with Gasteiger partial charge in [0.1, 0.15) is 35.4 Å². The lowest BCUT2D eigenvalue weighted by Crippen LogP contribution is -2.48. The smallest absolute Gasteiger partial charge is 0.335 e. The number of rotatable bonds is 17. The molecule has 0 amide bonds. The summed E-state index contributed by atoms with van der Waals surface area (Å²) >= 11 is 0. The van der Waals surface area contributed by atoms with Crippen LogP contribution in [0.2, 0.25) is 0 Å². The van der Waals surface area contributed by atoms with Crippen LogP contribution in [0.5, 0.6) is 11.5 Å². The van der Waals surface area contributed by atoms with Crippen LogP contribution in [0.25, 0.3) is 0 Å². The molecule has 0 aromatic heterocycles. The molecule has 9 heteroatoms. The molecule has 0 radical (unpaired) electrons. The van der Waals surface area contributed by atoms with Crippen molar-refractivity contribution < 1.29 is 45.3 Å². The number of carboxylic acid groups (broad SMARTS) is 1. The Morgan fingerprint density at radius 3 is 1.93 bits per heavy atom. The first-order valence-electron chi connectivity index (χ1n) is 16.1. The van der Waals surface area contributed by atoms with Crippen LogP contribution in [0.3, 0.4) is 0 Å². The van der Waals surface area contributed by atoms with Gasteiger partial charge in [-0.2, -0.15) is 0 Å². The van der Waals surface area contributed by atoms with Crippen molar-refractivity contribution in [1.82, 2.24) is 0 Å². The number of hydrogen-bond donors (Lipinski definition) is 7. The molecule has 0 saturated heterocycles. The fraction of sp³-hybridized carbons (Fsp3) is 0.794. The third-order valence-corrected chi connectivity index (χ3v) is 8.94. The van der Waals surface area contributed by atoms with Gasteiger partial charge in [-0.3, -0.25) is 0 Å². The van der Waals surface area contributed by atoms with Crippen LogP contribution in [0.1, 0.15) is 116 Å². The van der Waals surface area contributed by atoms with Crippen LogP contribution in [0, 0.1) is 31.6 Å². The third-order valence-electron chi connectivity index (χ3n) is 8.94. The summed E-state index contributed by atoms with van der Waals surface area (Å²) in [6.07, 6.45) is 6.22. The number of ether oxygens (including phenoxy) is 1. The van der Waals surface area contributed by atoms with Crippen LogP contribution < -0.4 is 4.74 Å². The van der Waals surface area contributed by atoms with E-state index in [0.29, 0.717) is 5.75 Å². The van der Waals surface area contributed by atoms with E-state index in [4.69, 9.17) is 35.4 Å². The van der Waals surface area contributed by atoms with E-state index >= 15 is 0 Å².